The fourth-order valence-electron chi connectivity index (χ4n) is 2.66. The highest BCUT2D eigenvalue weighted by Crippen LogP contribution is 2.26. The number of anilines is 1. The molecule has 2 aromatic rings. The van der Waals surface area contributed by atoms with Gasteiger partial charge in [-0.05, 0) is 18.9 Å². The van der Waals surface area contributed by atoms with Crippen molar-refractivity contribution in [2.75, 3.05) is 5.32 Å². The second kappa shape index (κ2) is 4.20. The zero-order valence-electron chi connectivity index (χ0n) is 9.50. The van der Waals surface area contributed by atoms with Crippen molar-refractivity contribution < 1.29 is 0 Å². The van der Waals surface area contributed by atoms with E-state index in [1.54, 1.807) is 0 Å². The van der Waals surface area contributed by atoms with Crippen LogP contribution in [0.3, 0.4) is 0 Å². The summed E-state index contributed by atoms with van der Waals surface area (Å²) < 4.78 is 0. The van der Waals surface area contributed by atoms with Gasteiger partial charge < -0.3 is 10.3 Å². The molecule has 1 aliphatic rings. The smallest absolute Gasteiger partial charge is 0.0600 e. The van der Waals surface area contributed by atoms with Crippen LogP contribution in [0.5, 0.6) is 0 Å². The minimum atomic E-state index is 0.674. The first kappa shape index (κ1) is 9.76. The van der Waals surface area contributed by atoms with E-state index in [0.717, 1.165) is 0 Å². The zero-order chi connectivity index (χ0) is 10.8. The van der Waals surface area contributed by atoms with Crippen molar-refractivity contribution in [1.82, 2.24) is 4.98 Å². The fraction of sp³-hybridized carbons (Fsp3) is 0.429. The number of para-hydroxylation sites is 1. The monoisotopic (exact) mass is 214 g/mol. The van der Waals surface area contributed by atoms with E-state index in [1.165, 1.54) is 48.7 Å². The van der Waals surface area contributed by atoms with Crippen LogP contribution in [-0.4, -0.2) is 11.0 Å². The normalized spacial score (nSPS) is 17.8. The van der Waals surface area contributed by atoms with E-state index in [4.69, 9.17) is 0 Å². The Bertz CT molecular complexity index is 466. The van der Waals surface area contributed by atoms with Gasteiger partial charge in [0.05, 0.1) is 5.69 Å². The van der Waals surface area contributed by atoms with Crippen molar-refractivity contribution in [2.45, 2.75) is 38.1 Å². The average molecular weight is 214 g/mol. The molecular weight excluding hydrogens is 196 g/mol. The van der Waals surface area contributed by atoms with Gasteiger partial charge >= 0.3 is 0 Å². The first-order chi connectivity index (χ1) is 7.93. The van der Waals surface area contributed by atoms with E-state index in [2.05, 4.69) is 40.8 Å². The maximum Gasteiger partial charge on any atom is 0.0600 e. The molecule has 0 amide bonds. The Morgan fingerprint density at radius 2 is 1.88 bits per heavy atom. The Morgan fingerprint density at radius 3 is 2.75 bits per heavy atom. The molecule has 1 aromatic carbocycles. The lowest BCUT2D eigenvalue weighted by Gasteiger charge is -2.23. The van der Waals surface area contributed by atoms with Gasteiger partial charge in [0, 0.05) is 23.1 Å². The first-order valence-corrected chi connectivity index (χ1v) is 6.26. The van der Waals surface area contributed by atoms with E-state index >= 15 is 0 Å². The van der Waals surface area contributed by atoms with Crippen LogP contribution < -0.4 is 5.32 Å². The quantitative estimate of drug-likeness (QED) is 0.779. The molecule has 1 heterocycles. The molecular formula is C14H18N2. The molecule has 16 heavy (non-hydrogen) atoms. The summed E-state index contributed by atoms with van der Waals surface area (Å²) in [5, 5.41) is 4.99. The summed E-state index contributed by atoms with van der Waals surface area (Å²) in [6.07, 6.45) is 8.89. The molecule has 1 aliphatic carbocycles. The second-order valence-electron chi connectivity index (χ2n) is 4.73. The first-order valence-electron chi connectivity index (χ1n) is 6.26. The summed E-state index contributed by atoms with van der Waals surface area (Å²) in [6.45, 7) is 0. The Labute approximate surface area is 96.1 Å². The third-order valence-electron chi connectivity index (χ3n) is 3.55. The summed E-state index contributed by atoms with van der Waals surface area (Å²) >= 11 is 0. The van der Waals surface area contributed by atoms with Crippen LogP contribution in [0.25, 0.3) is 10.9 Å². The molecule has 0 aliphatic heterocycles. The summed E-state index contributed by atoms with van der Waals surface area (Å²) in [4.78, 5) is 3.32. The summed E-state index contributed by atoms with van der Waals surface area (Å²) in [6, 6.07) is 9.15. The average Bonchev–Trinajstić information content (AvgIpc) is 2.74. The number of nitrogens with one attached hydrogen (secondary N) is 2. The van der Waals surface area contributed by atoms with Crippen LogP contribution in [0.1, 0.15) is 32.1 Å². The van der Waals surface area contributed by atoms with E-state index in [0.29, 0.717) is 6.04 Å². The third-order valence-corrected chi connectivity index (χ3v) is 3.55. The van der Waals surface area contributed by atoms with Crippen molar-refractivity contribution in [3.63, 3.8) is 0 Å². The third kappa shape index (κ3) is 1.80. The number of hydrogen-bond acceptors (Lipinski definition) is 1. The predicted octanol–water partition coefficient (Wildman–Crippen LogP) is 3.91. The van der Waals surface area contributed by atoms with Crippen LogP contribution in [0.15, 0.2) is 30.5 Å². The molecule has 1 aromatic heterocycles. The van der Waals surface area contributed by atoms with E-state index in [-0.39, 0.29) is 0 Å². The van der Waals surface area contributed by atoms with Gasteiger partial charge in [0.15, 0.2) is 0 Å². The standard InChI is InChI=1S/C14H18N2/c1-2-6-11(7-3-1)16-14-10-15-13-9-5-4-8-12(13)14/h4-5,8-11,15-16H,1-3,6-7H2. The predicted molar refractivity (Wildman–Crippen MR) is 68.8 cm³/mol. The van der Waals surface area contributed by atoms with Gasteiger partial charge in [-0.2, -0.15) is 0 Å². The molecule has 1 saturated carbocycles. The molecule has 1 fully saturated rings. The number of benzene rings is 1. The molecule has 0 spiro atoms. The summed E-state index contributed by atoms with van der Waals surface area (Å²) in [5.74, 6) is 0. The Kier molecular flexibility index (Phi) is 2.56. The van der Waals surface area contributed by atoms with Crippen molar-refractivity contribution >= 4 is 16.6 Å². The highest BCUT2D eigenvalue weighted by atomic mass is 14.9. The molecule has 3 rings (SSSR count). The van der Waals surface area contributed by atoms with Crippen molar-refractivity contribution in [3.05, 3.63) is 30.5 Å². The Balaban J connectivity index is 1.83. The molecule has 2 heteroatoms. The number of aromatic nitrogens is 1. The van der Waals surface area contributed by atoms with Gasteiger partial charge in [-0.3, -0.25) is 0 Å². The number of aromatic amines is 1. The molecule has 0 unspecified atom stereocenters. The largest absolute Gasteiger partial charge is 0.381 e. The lowest BCUT2D eigenvalue weighted by atomic mass is 9.95. The van der Waals surface area contributed by atoms with Crippen LogP contribution >= 0.6 is 0 Å². The van der Waals surface area contributed by atoms with Gasteiger partial charge in [-0.25, -0.2) is 0 Å². The lowest BCUT2D eigenvalue weighted by molar-refractivity contribution is 0.463. The van der Waals surface area contributed by atoms with Crippen molar-refractivity contribution in [3.8, 4) is 0 Å². The van der Waals surface area contributed by atoms with E-state index < -0.39 is 0 Å². The van der Waals surface area contributed by atoms with Crippen molar-refractivity contribution in [2.24, 2.45) is 0 Å². The van der Waals surface area contributed by atoms with Crippen LogP contribution in [0.2, 0.25) is 0 Å². The minimum Gasteiger partial charge on any atom is -0.381 e. The van der Waals surface area contributed by atoms with E-state index in [1.807, 2.05) is 0 Å². The zero-order valence-corrected chi connectivity index (χ0v) is 9.50. The number of hydrogen-bond donors (Lipinski definition) is 2. The van der Waals surface area contributed by atoms with Gasteiger partial charge in [0.1, 0.15) is 0 Å². The molecule has 2 nitrogen and oxygen atoms in total. The van der Waals surface area contributed by atoms with Crippen molar-refractivity contribution in [1.29, 1.82) is 0 Å². The number of fused-ring (bicyclic) bond motifs is 1. The molecule has 0 bridgehead atoms. The molecule has 0 saturated heterocycles. The summed E-state index contributed by atoms with van der Waals surface area (Å²) in [5.41, 5.74) is 2.49. The van der Waals surface area contributed by atoms with Gasteiger partial charge in [-0.1, -0.05) is 37.5 Å². The van der Waals surface area contributed by atoms with Crippen LogP contribution in [0.4, 0.5) is 5.69 Å². The van der Waals surface area contributed by atoms with Crippen LogP contribution in [-0.2, 0) is 0 Å². The number of rotatable bonds is 2. The Morgan fingerprint density at radius 1 is 1.06 bits per heavy atom. The molecule has 2 N–H and O–H groups in total. The highest BCUT2D eigenvalue weighted by Gasteiger charge is 2.14. The SMILES string of the molecule is c1ccc2c(NC3CCCCC3)c[nH]c2c1. The molecule has 0 radical (unpaired) electrons. The highest BCUT2D eigenvalue weighted by molar-refractivity contribution is 5.92. The van der Waals surface area contributed by atoms with Gasteiger partial charge in [0.25, 0.3) is 0 Å². The Hall–Kier alpha value is -1.44. The van der Waals surface area contributed by atoms with Gasteiger partial charge in [-0.15, -0.1) is 0 Å². The molecule has 84 valence electrons. The van der Waals surface area contributed by atoms with E-state index in [9.17, 15) is 0 Å². The lowest BCUT2D eigenvalue weighted by Crippen LogP contribution is -2.21. The summed E-state index contributed by atoms with van der Waals surface area (Å²) in [7, 11) is 0. The van der Waals surface area contributed by atoms with Gasteiger partial charge in [0.2, 0.25) is 0 Å². The second-order valence-corrected chi connectivity index (χ2v) is 4.73. The number of H-pyrrole nitrogens is 1. The molecule has 0 atom stereocenters. The maximum atomic E-state index is 3.67. The fourth-order valence-corrected chi connectivity index (χ4v) is 2.66. The maximum absolute atomic E-state index is 3.67. The topological polar surface area (TPSA) is 27.8 Å². The van der Waals surface area contributed by atoms with Crippen LogP contribution in [0, 0.1) is 0 Å². The minimum absolute atomic E-state index is 0.674.